The molecule has 6 aromatic rings. The molecule has 0 spiro atoms. The quantitative estimate of drug-likeness (QED) is 0.0403. The van der Waals surface area contributed by atoms with Crippen LogP contribution in [0.3, 0.4) is 0 Å². The van der Waals surface area contributed by atoms with Crippen molar-refractivity contribution in [3.05, 3.63) is 220 Å². The normalized spacial score (nSPS) is 13.1. The summed E-state index contributed by atoms with van der Waals surface area (Å²) < 4.78 is 71.8. The van der Waals surface area contributed by atoms with E-state index >= 15 is 8.78 Å². The number of rotatable bonds is 18. The van der Waals surface area contributed by atoms with E-state index in [1.54, 1.807) is 97.1 Å². The molecule has 0 radical (unpaired) electrons. The summed E-state index contributed by atoms with van der Waals surface area (Å²) in [5.41, 5.74) is 2.24. The summed E-state index contributed by atoms with van der Waals surface area (Å²) >= 11 is 11.9. The topological polar surface area (TPSA) is 55.8 Å². The molecular formula is C56H61Cl3F4MgO4Si2. The molecule has 6 aromatic carbocycles. The standard InChI is InChI=1S/C28H31ClF2O2Si.C24H19ClF2O2.C4H11Si.ClH.Mg/c1-34(2,3)19-23(32)18-26(21-12-14-22(29)15-13-21)28(31)27(30)17-20-8-7-11-25(16-20)33-24-9-5-4-6-10-24;25-19-11-9-18(10-12-19)22(13-14-28)24(27)23(26)16-17-5-4-8-21(15-17)29-20-6-2-1-3-7-20;1-5(2,3)4;;/h4-16,23,26,32H,17-19H2,1-3H3;1-12,14-15,22H,13,16H2;1H2,2-4H3;1H;/q;;-1;;+2/p-1/b28-27+;24-23+;;;. The van der Waals surface area contributed by atoms with E-state index in [-0.39, 0.29) is 61.1 Å². The van der Waals surface area contributed by atoms with Crippen LogP contribution in [0.1, 0.15) is 46.9 Å². The van der Waals surface area contributed by atoms with Gasteiger partial charge in [-0.05, 0) is 108 Å². The number of allylic oxidation sites excluding steroid dienone is 4. The zero-order chi connectivity index (χ0) is 49.9. The van der Waals surface area contributed by atoms with Crippen molar-refractivity contribution >= 4 is 68.7 Å². The van der Waals surface area contributed by atoms with E-state index in [2.05, 4.69) is 45.8 Å². The van der Waals surface area contributed by atoms with Gasteiger partial charge < -0.3 is 38.3 Å². The second-order valence-corrected chi connectivity index (χ2v) is 30.3. The van der Waals surface area contributed by atoms with Crippen molar-refractivity contribution in [1.82, 2.24) is 0 Å². The second kappa shape index (κ2) is 30.6. The van der Waals surface area contributed by atoms with Gasteiger partial charge >= 0.3 is 23.1 Å². The average molecular weight is 1060 g/mol. The van der Waals surface area contributed by atoms with E-state index in [0.717, 1.165) is 0 Å². The van der Waals surface area contributed by atoms with E-state index in [0.29, 0.717) is 67.6 Å². The first kappa shape index (κ1) is 61.9. The third-order valence-electron chi connectivity index (χ3n) is 9.84. The minimum Gasteiger partial charge on any atom is -1.00 e. The molecule has 4 nitrogen and oxygen atoms in total. The predicted octanol–water partition coefficient (Wildman–Crippen LogP) is 14.2. The third kappa shape index (κ3) is 23.4. The molecule has 0 aliphatic rings. The number of para-hydroxylation sites is 2. The predicted molar refractivity (Wildman–Crippen MR) is 284 cm³/mol. The molecule has 0 saturated carbocycles. The van der Waals surface area contributed by atoms with Crippen molar-refractivity contribution < 1.29 is 49.3 Å². The van der Waals surface area contributed by atoms with E-state index in [1.165, 1.54) is 0 Å². The maximum absolute atomic E-state index is 15.5. The molecule has 0 heterocycles. The van der Waals surface area contributed by atoms with Crippen LogP contribution in [-0.2, 0) is 17.6 Å². The van der Waals surface area contributed by atoms with Crippen molar-refractivity contribution in [3.63, 3.8) is 0 Å². The van der Waals surface area contributed by atoms with Crippen LogP contribution in [0.2, 0.25) is 55.4 Å². The maximum Gasteiger partial charge on any atom is 2.00 e. The fourth-order valence-electron chi connectivity index (χ4n) is 6.91. The Bertz CT molecular complexity index is 2530. The molecule has 14 heteroatoms. The Morgan fingerprint density at radius 2 is 0.943 bits per heavy atom. The van der Waals surface area contributed by atoms with Crippen molar-refractivity contribution in [2.75, 3.05) is 0 Å². The van der Waals surface area contributed by atoms with Crippen LogP contribution in [0.4, 0.5) is 17.6 Å². The Hall–Kier alpha value is -4.18. The summed E-state index contributed by atoms with van der Waals surface area (Å²) in [4.78, 5) is 11.0. The molecule has 0 saturated heterocycles. The fourth-order valence-corrected chi connectivity index (χ4v) is 8.75. The average Bonchev–Trinajstić information content (AvgIpc) is 3.28. The van der Waals surface area contributed by atoms with Crippen molar-refractivity contribution in [3.8, 4) is 23.0 Å². The molecule has 70 heavy (non-hydrogen) atoms. The van der Waals surface area contributed by atoms with Gasteiger partial charge in [0.25, 0.3) is 0 Å². The van der Waals surface area contributed by atoms with Gasteiger partial charge in [-0.1, -0.05) is 147 Å². The number of aliphatic hydroxyl groups excluding tert-OH is 1. The van der Waals surface area contributed by atoms with Gasteiger partial charge in [0.1, 0.15) is 52.6 Å². The van der Waals surface area contributed by atoms with Crippen LogP contribution in [0.25, 0.3) is 0 Å². The summed E-state index contributed by atoms with van der Waals surface area (Å²) in [6, 6.07) is 46.0. The molecule has 1 N–H and O–H groups in total. The first-order chi connectivity index (χ1) is 32.2. The van der Waals surface area contributed by atoms with E-state index in [9.17, 15) is 18.7 Å². The minimum absolute atomic E-state index is 0. The van der Waals surface area contributed by atoms with E-state index in [4.69, 9.17) is 32.7 Å². The van der Waals surface area contributed by atoms with Crippen LogP contribution in [0.5, 0.6) is 23.0 Å². The number of hydrogen-bond acceptors (Lipinski definition) is 4. The van der Waals surface area contributed by atoms with Crippen LogP contribution < -0.4 is 21.9 Å². The zero-order valence-electron chi connectivity index (χ0n) is 40.6. The molecule has 0 aliphatic heterocycles. The van der Waals surface area contributed by atoms with Gasteiger partial charge in [-0.3, -0.25) is 0 Å². The fraction of sp³-hybridized carbons (Fsp3) is 0.250. The van der Waals surface area contributed by atoms with E-state index in [1.807, 2.05) is 60.7 Å². The number of ether oxygens (including phenoxy) is 2. The number of benzene rings is 6. The number of carbonyl (C=O) groups excluding carboxylic acids is 1. The number of hydrogen-bond donors (Lipinski definition) is 1. The smallest absolute Gasteiger partial charge is 1.00 e. The Kier molecular flexibility index (Phi) is 27.1. The Balaban J connectivity index is 0.000000430. The summed E-state index contributed by atoms with van der Waals surface area (Å²) in [5.74, 6) is -3.02. The SMILES string of the molecule is C[Si](C)(C)CC(O)CC(/C(F)=C(\F)Cc1cccc(Oc2ccccc2)c1)c1ccc(Cl)cc1.O=CCC(/C(F)=C(\F)Cc1cccc(Oc2ccccc2)c1)c1ccc(Cl)cc1.[CH2-][Si](C)(C)C.[Cl-].[Mg+2]. The molecule has 0 bridgehead atoms. The second-order valence-electron chi connectivity index (χ2n) is 18.8. The van der Waals surface area contributed by atoms with Gasteiger partial charge in [0.05, 0.1) is 6.10 Å². The monoisotopic (exact) mass is 1060 g/mol. The maximum atomic E-state index is 15.5. The summed E-state index contributed by atoms with van der Waals surface area (Å²) in [7, 11) is -2.44. The molecule has 0 aromatic heterocycles. The molecular weight excluding hydrogens is 999 g/mol. The van der Waals surface area contributed by atoms with Crippen LogP contribution in [0.15, 0.2) is 181 Å². The van der Waals surface area contributed by atoms with Gasteiger partial charge in [0.15, 0.2) is 0 Å². The summed E-state index contributed by atoms with van der Waals surface area (Å²) in [6.45, 7) is 17.0. The number of halogens is 7. The zero-order valence-corrected chi connectivity index (χ0v) is 46.3. The molecule has 3 atom stereocenters. The van der Waals surface area contributed by atoms with Crippen LogP contribution >= 0.6 is 23.2 Å². The Labute approximate surface area is 446 Å². The molecule has 0 amide bonds. The van der Waals surface area contributed by atoms with Crippen molar-refractivity contribution in [2.24, 2.45) is 0 Å². The molecule has 368 valence electrons. The summed E-state index contributed by atoms with van der Waals surface area (Å²) in [5, 5.41) is 11.7. The van der Waals surface area contributed by atoms with Crippen molar-refractivity contribution in [2.45, 2.75) is 88.9 Å². The number of aldehydes is 1. The number of aliphatic hydroxyl groups is 1. The number of carbonyl (C=O) groups is 1. The van der Waals surface area contributed by atoms with Crippen molar-refractivity contribution in [1.29, 1.82) is 0 Å². The van der Waals surface area contributed by atoms with Gasteiger partial charge in [0, 0.05) is 49.2 Å². The van der Waals surface area contributed by atoms with Gasteiger partial charge in [-0.15, -0.1) is 8.07 Å². The molecule has 0 aliphatic carbocycles. The van der Waals surface area contributed by atoms with Gasteiger partial charge in [0.2, 0.25) is 0 Å². The Morgan fingerprint density at radius 3 is 1.31 bits per heavy atom. The molecule has 0 fully saturated rings. The van der Waals surface area contributed by atoms with Crippen LogP contribution in [0, 0.1) is 6.55 Å². The molecule has 6 rings (SSSR count). The first-order valence-electron chi connectivity index (χ1n) is 22.4. The molecule has 3 unspecified atom stereocenters. The largest absolute Gasteiger partial charge is 2.00 e. The van der Waals surface area contributed by atoms with Gasteiger partial charge in [-0.2, -0.15) is 0 Å². The Morgan fingerprint density at radius 1 is 0.586 bits per heavy atom. The van der Waals surface area contributed by atoms with Gasteiger partial charge in [-0.25, -0.2) is 17.6 Å². The van der Waals surface area contributed by atoms with E-state index < -0.39 is 57.4 Å². The van der Waals surface area contributed by atoms with Crippen LogP contribution in [-0.4, -0.2) is 56.7 Å². The minimum atomic E-state index is -1.58. The first-order valence-corrected chi connectivity index (χ1v) is 30.5. The summed E-state index contributed by atoms with van der Waals surface area (Å²) in [6.07, 6.45) is -0.610. The third-order valence-corrected chi connectivity index (χ3v) is 12.0.